The van der Waals surface area contributed by atoms with Gasteiger partial charge in [-0.05, 0) is 6.92 Å². The largest absolute Gasteiger partial charge is 0.870 e. The number of hydrogen-bond donors (Lipinski definition) is 1. The molecule has 0 atom stereocenters. The Bertz CT molecular complexity index is 895. The number of fused-ring (bicyclic) bond motifs is 1. The van der Waals surface area contributed by atoms with Crippen LogP contribution < -0.4 is 4.57 Å². The van der Waals surface area contributed by atoms with Crippen molar-refractivity contribution in [2.45, 2.75) is 26.9 Å². The molecule has 1 heterocycles. The number of halogens is 2. The highest BCUT2D eigenvalue weighted by Gasteiger charge is 2.21. The van der Waals surface area contributed by atoms with Crippen LogP contribution in [0.2, 0.25) is 10.0 Å². The Labute approximate surface area is 144 Å². The summed E-state index contributed by atoms with van der Waals surface area (Å²) in [6.07, 6.45) is 0. The minimum atomic E-state index is -4.07. The predicted molar refractivity (Wildman–Crippen MR) is 88.7 cm³/mol. The second-order valence-electron chi connectivity index (χ2n) is 4.71. The summed E-state index contributed by atoms with van der Waals surface area (Å²) in [5.41, 5.74) is 1.81. The first-order valence-corrected chi connectivity index (χ1v) is 8.89. The van der Waals surface area contributed by atoms with E-state index in [2.05, 4.69) is 16.4 Å². The molecule has 1 aromatic heterocycles. The zero-order valence-corrected chi connectivity index (χ0v) is 14.9. The lowest BCUT2D eigenvalue weighted by Crippen LogP contribution is -2.36. The van der Waals surface area contributed by atoms with Crippen molar-refractivity contribution >= 4 is 44.4 Å². The molecule has 23 heavy (non-hydrogen) atoms. The molecule has 6 nitrogen and oxygen atoms in total. The molecule has 0 aliphatic rings. The van der Waals surface area contributed by atoms with Crippen molar-refractivity contribution in [3.05, 3.63) is 28.0 Å². The van der Waals surface area contributed by atoms with Crippen molar-refractivity contribution < 1.29 is 23.0 Å². The summed E-state index contributed by atoms with van der Waals surface area (Å²) in [7, 11) is -4.07. The third kappa shape index (κ3) is 4.37. The van der Waals surface area contributed by atoms with E-state index in [0.29, 0.717) is 16.6 Å². The molecule has 0 fully saturated rings. The highest BCUT2D eigenvalue weighted by atomic mass is 35.5. The van der Waals surface area contributed by atoms with Crippen LogP contribution in [0.15, 0.2) is 12.1 Å². The van der Waals surface area contributed by atoms with Gasteiger partial charge in [-0.1, -0.05) is 35.0 Å². The SMILES string of the molecule is CCn1c(C)[n+](CC#CCS(=O)(=O)O)c2cc(Cl)c(Cl)cc21.[OH-]. The lowest BCUT2D eigenvalue weighted by atomic mass is 10.3. The van der Waals surface area contributed by atoms with E-state index in [1.54, 1.807) is 12.1 Å². The Kier molecular flexibility index (Phi) is 6.45. The molecule has 0 saturated heterocycles. The molecule has 126 valence electrons. The van der Waals surface area contributed by atoms with Gasteiger partial charge in [-0.2, -0.15) is 8.42 Å². The molecule has 0 amide bonds. The number of aryl methyl sites for hydroxylation is 1. The Morgan fingerprint density at radius 2 is 1.87 bits per heavy atom. The summed E-state index contributed by atoms with van der Waals surface area (Å²) in [4.78, 5) is 0. The lowest BCUT2D eigenvalue weighted by molar-refractivity contribution is -0.666. The average Bonchev–Trinajstić information content (AvgIpc) is 2.66. The molecule has 0 saturated carbocycles. The first kappa shape index (κ1) is 19.7. The molecule has 2 N–H and O–H groups in total. The van der Waals surface area contributed by atoms with Crippen LogP contribution in [0.1, 0.15) is 12.7 Å². The molecule has 0 bridgehead atoms. The summed E-state index contributed by atoms with van der Waals surface area (Å²) >= 11 is 12.2. The van der Waals surface area contributed by atoms with Crippen LogP contribution in [0.4, 0.5) is 0 Å². The summed E-state index contributed by atoms with van der Waals surface area (Å²) in [6, 6.07) is 3.57. The van der Waals surface area contributed by atoms with Gasteiger partial charge < -0.3 is 5.48 Å². The van der Waals surface area contributed by atoms with Gasteiger partial charge in [0.2, 0.25) is 0 Å². The number of benzene rings is 1. The van der Waals surface area contributed by atoms with Gasteiger partial charge in [0, 0.05) is 19.1 Å². The normalized spacial score (nSPS) is 11.0. The Balaban J connectivity index is 0.00000264. The van der Waals surface area contributed by atoms with Crippen molar-refractivity contribution in [1.29, 1.82) is 0 Å². The van der Waals surface area contributed by atoms with Crippen LogP contribution in [-0.4, -0.2) is 28.8 Å². The van der Waals surface area contributed by atoms with Crippen LogP contribution in [0.3, 0.4) is 0 Å². The summed E-state index contributed by atoms with van der Waals surface area (Å²) in [6.45, 7) is 5.01. The third-order valence-corrected chi connectivity index (χ3v) is 4.54. The zero-order valence-electron chi connectivity index (χ0n) is 12.5. The molecular weight excluding hydrogens is 363 g/mol. The van der Waals surface area contributed by atoms with E-state index in [0.717, 1.165) is 23.4 Å². The van der Waals surface area contributed by atoms with Crippen molar-refractivity contribution in [2.75, 3.05) is 5.75 Å². The Hall–Kier alpha value is -1.30. The fourth-order valence-electron chi connectivity index (χ4n) is 2.33. The number of nitrogens with zero attached hydrogens (tertiary/aromatic N) is 2. The molecule has 0 spiro atoms. The second kappa shape index (κ2) is 7.51. The fourth-order valence-corrected chi connectivity index (χ4v) is 2.93. The molecule has 0 aliphatic heterocycles. The van der Waals surface area contributed by atoms with E-state index in [1.807, 2.05) is 18.4 Å². The first-order valence-electron chi connectivity index (χ1n) is 6.53. The standard InChI is InChI=1S/C14H14Cl2N2O3S.H2O/c1-3-17-10(2)18(6-4-5-7-22(19,20)21)14-9-12(16)11(15)8-13(14)17;/h8-9H,3,6-7H2,1-2H3;1H2. The van der Waals surface area contributed by atoms with Gasteiger partial charge in [-0.15, -0.1) is 0 Å². The molecular formula is C14H16Cl2N2O4S. The molecule has 2 aromatic rings. The summed E-state index contributed by atoms with van der Waals surface area (Å²) < 4.78 is 34.0. The van der Waals surface area contributed by atoms with Gasteiger partial charge in [-0.3, -0.25) is 4.55 Å². The van der Waals surface area contributed by atoms with Gasteiger partial charge in [-0.25, -0.2) is 9.13 Å². The lowest BCUT2D eigenvalue weighted by Gasteiger charge is -1.95. The van der Waals surface area contributed by atoms with Crippen LogP contribution >= 0.6 is 23.2 Å². The molecule has 2 rings (SSSR count). The Morgan fingerprint density at radius 3 is 2.43 bits per heavy atom. The zero-order chi connectivity index (χ0) is 16.5. The summed E-state index contributed by atoms with van der Waals surface area (Å²) in [5.74, 6) is 5.57. The van der Waals surface area contributed by atoms with Crippen molar-refractivity contribution in [3.8, 4) is 11.8 Å². The number of aromatic nitrogens is 2. The highest BCUT2D eigenvalue weighted by Crippen LogP contribution is 2.27. The molecule has 1 aromatic carbocycles. The minimum Gasteiger partial charge on any atom is -0.870 e. The number of imidazole rings is 1. The summed E-state index contributed by atoms with van der Waals surface area (Å²) in [5, 5.41) is 0.924. The topological polar surface area (TPSA) is 93.2 Å². The van der Waals surface area contributed by atoms with Crippen molar-refractivity contribution in [3.63, 3.8) is 0 Å². The van der Waals surface area contributed by atoms with Gasteiger partial charge in [0.25, 0.3) is 15.9 Å². The van der Waals surface area contributed by atoms with Crippen LogP contribution in [0.5, 0.6) is 0 Å². The highest BCUT2D eigenvalue weighted by molar-refractivity contribution is 7.86. The first-order chi connectivity index (χ1) is 10.2. The average molecular weight is 379 g/mol. The van der Waals surface area contributed by atoms with E-state index >= 15 is 0 Å². The fraction of sp³-hybridized carbons (Fsp3) is 0.357. The number of rotatable bonds is 3. The quantitative estimate of drug-likeness (QED) is 0.503. The van der Waals surface area contributed by atoms with Crippen LogP contribution in [0.25, 0.3) is 11.0 Å². The van der Waals surface area contributed by atoms with E-state index in [-0.39, 0.29) is 5.48 Å². The molecule has 9 heteroatoms. The smallest absolute Gasteiger partial charge is 0.276 e. The van der Waals surface area contributed by atoms with E-state index in [4.69, 9.17) is 27.8 Å². The van der Waals surface area contributed by atoms with E-state index in [1.165, 1.54) is 0 Å². The third-order valence-electron chi connectivity index (χ3n) is 3.31. The number of hydrogen-bond acceptors (Lipinski definition) is 3. The predicted octanol–water partition coefficient (Wildman–Crippen LogP) is 2.28. The second-order valence-corrected chi connectivity index (χ2v) is 6.98. The van der Waals surface area contributed by atoms with E-state index in [9.17, 15) is 8.42 Å². The van der Waals surface area contributed by atoms with Crippen molar-refractivity contribution in [1.82, 2.24) is 4.57 Å². The monoisotopic (exact) mass is 378 g/mol. The molecule has 0 aliphatic carbocycles. The Morgan fingerprint density at radius 1 is 1.26 bits per heavy atom. The van der Waals surface area contributed by atoms with Gasteiger partial charge in [0.1, 0.15) is 5.75 Å². The van der Waals surface area contributed by atoms with Gasteiger partial charge in [0.15, 0.2) is 17.6 Å². The molecule has 0 radical (unpaired) electrons. The van der Waals surface area contributed by atoms with Crippen LogP contribution in [-0.2, 0) is 23.2 Å². The minimum absolute atomic E-state index is 0. The van der Waals surface area contributed by atoms with Crippen LogP contribution in [0, 0.1) is 18.8 Å². The molecule has 0 unspecified atom stereocenters. The maximum absolute atomic E-state index is 10.7. The van der Waals surface area contributed by atoms with Gasteiger partial charge >= 0.3 is 0 Å². The van der Waals surface area contributed by atoms with Gasteiger partial charge in [0.05, 0.1) is 16.6 Å². The maximum Gasteiger partial charge on any atom is 0.276 e. The maximum atomic E-state index is 10.7. The van der Waals surface area contributed by atoms with Crippen molar-refractivity contribution in [2.24, 2.45) is 0 Å². The van der Waals surface area contributed by atoms with E-state index < -0.39 is 15.9 Å².